The molecule has 1 aromatic rings. The van der Waals surface area contributed by atoms with Gasteiger partial charge in [0.05, 0.1) is 12.2 Å². The van der Waals surface area contributed by atoms with Crippen LogP contribution in [0.1, 0.15) is 32.9 Å². The fourth-order valence-electron chi connectivity index (χ4n) is 1.70. The summed E-state index contributed by atoms with van der Waals surface area (Å²) in [6.07, 6.45) is 2.13. The second-order valence-electron chi connectivity index (χ2n) is 5.96. The Morgan fingerprint density at radius 2 is 1.92 bits per heavy atom. The molecule has 0 aliphatic rings. The highest BCUT2D eigenvalue weighted by molar-refractivity contribution is 14.0. The number of alkyl carbamates (subject to hydrolysis) is 1. The quantitative estimate of drug-likeness (QED) is 0.269. The van der Waals surface area contributed by atoms with Gasteiger partial charge in [0, 0.05) is 26.3 Å². The molecule has 0 saturated carbocycles. The Morgan fingerprint density at radius 3 is 2.50 bits per heavy atom. The van der Waals surface area contributed by atoms with Gasteiger partial charge in [-0.25, -0.2) is 4.79 Å². The van der Waals surface area contributed by atoms with Crippen LogP contribution >= 0.6 is 24.0 Å². The van der Waals surface area contributed by atoms with E-state index in [2.05, 4.69) is 25.9 Å². The van der Waals surface area contributed by atoms with E-state index < -0.39 is 11.7 Å². The van der Waals surface area contributed by atoms with Gasteiger partial charge in [-0.3, -0.25) is 9.98 Å². The molecule has 1 rings (SSSR count). The van der Waals surface area contributed by atoms with Crippen LogP contribution in [-0.2, 0) is 11.3 Å². The number of guanidine groups is 1. The number of halogens is 1. The number of carbonyl (C=O) groups excluding carboxylic acids is 1. The van der Waals surface area contributed by atoms with Gasteiger partial charge < -0.3 is 20.7 Å². The first-order chi connectivity index (χ1) is 10.9. The number of hydrogen-bond donors (Lipinski definition) is 3. The summed E-state index contributed by atoms with van der Waals surface area (Å²) >= 11 is 0. The summed E-state index contributed by atoms with van der Waals surface area (Å²) < 4.78 is 5.16. The molecule has 0 bridgehead atoms. The molecule has 0 aliphatic heterocycles. The van der Waals surface area contributed by atoms with Crippen LogP contribution in [-0.4, -0.2) is 42.8 Å². The highest BCUT2D eigenvalue weighted by Crippen LogP contribution is 2.06. The topological polar surface area (TPSA) is 87.6 Å². The summed E-state index contributed by atoms with van der Waals surface area (Å²) in [5.41, 5.74) is 0.474. The van der Waals surface area contributed by atoms with Crippen LogP contribution in [0.5, 0.6) is 0 Å². The Bertz CT molecular complexity index is 503. The fraction of sp³-hybridized carbons (Fsp3) is 0.562. The summed E-state index contributed by atoms with van der Waals surface area (Å²) in [6, 6.07) is 5.78. The third-order valence-electron chi connectivity index (χ3n) is 2.70. The number of nitrogens with one attached hydrogen (secondary N) is 3. The standard InChI is InChI=1S/C16H27N5O2.HI/c1-16(2,3)23-15(22)20-11-7-10-19-14(17-4)21-12-13-8-5-6-9-18-13;/h5-6,8-9H,7,10-12H2,1-4H3,(H,20,22)(H2,17,19,21);1H. The number of ether oxygens (including phenoxy) is 1. The smallest absolute Gasteiger partial charge is 0.407 e. The molecule has 1 amide bonds. The minimum absolute atomic E-state index is 0. The van der Waals surface area contributed by atoms with Crippen molar-refractivity contribution in [2.24, 2.45) is 4.99 Å². The highest BCUT2D eigenvalue weighted by Gasteiger charge is 2.15. The summed E-state index contributed by atoms with van der Waals surface area (Å²) in [5.74, 6) is 0.702. The second-order valence-corrected chi connectivity index (χ2v) is 5.96. The number of carbonyl (C=O) groups is 1. The molecule has 3 N–H and O–H groups in total. The van der Waals surface area contributed by atoms with Gasteiger partial charge in [-0.15, -0.1) is 24.0 Å². The molecule has 24 heavy (non-hydrogen) atoms. The molecule has 0 aromatic carbocycles. The lowest BCUT2D eigenvalue weighted by Crippen LogP contribution is -2.39. The maximum absolute atomic E-state index is 11.5. The van der Waals surface area contributed by atoms with Crippen LogP contribution in [0.4, 0.5) is 4.79 Å². The van der Waals surface area contributed by atoms with Gasteiger partial charge in [0.25, 0.3) is 0 Å². The van der Waals surface area contributed by atoms with E-state index in [1.54, 1.807) is 13.2 Å². The van der Waals surface area contributed by atoms with E-state index in [0.717, 1.165) is 12.1 Å². The van der Waals surface area contributed by atoms with Crippen molar-refractivity contribution >= 4 is 36.0 Å². The molecule has 7 nitrogen and oxygen atoms in total. The number of aliphatic imine (C=N–C) groups is 1. The van der Waals surface area contributed by atoms with Gasteiger partial charge >= 0.3 is 6.09 Å². The van der Waals surface area contributed by atoms with Crippen LogP contribution in [0.3, 0.4) is 0 Å². The van der Waals surface area contributed by atoms with Gasteiger partial charge in [-0.2, -0.15) is 0 Å². The number of rotatable bonds is 6. The second kappa shape index (κ2) is 11.9. The first kappa shape index (κ1) is 22.4. The summed E-state index contributed by atoms with van der Waals surface area (Å²) in [4.78, 5) is 19.9. The Labute approximate surface area is 161 Å². The zero-order chi connectivity index (χ0) is 17.1. The van der Waals surface area contributed by atoms with E-state index in [1.807, 2.05) is 39.0 Å². The molecule has 0 spiro atoms. The zero-order valence-corrected chi connectivity index (χ0v) is 17.1. The van der Waals surface area contributed by atoms with Crippen LogP contribution in [0, 0.1) is 0 Å². The van der Waals surface area contributed by atoms with Crippen LogP contribution < -0.4 is 16.0 Å². The van der Waals surface area contributed by atoms with Crippen molar-refractivity contribution in [2.45, 2.75) is 39.3 Å². The fourth-order valence-corrected chi connectivity index (χ4v) is 1.70. The van der Waals surface area contributed by atoms with E-state index in [1.165, 1.54) is 0 Å². The van der Waals surface area contributed by atoms with Gasteiger partial charge in [0.1, 0.15) is 5.60 Å². The molecule has 1 aromatic heterocycles. The number of aromatic nitrogens is 1. The molecular formula is C16H28IN5O2. The summed E-state index contributed by atoms with van der Waals surface area (Å²) in [5, 5.41) is 9.08. The monoisotopic (exact) mass is 449 g/mol. The van der Waals surface area contributed by atoms with Crippen molar-refractivity contribution in [3.8, 4) is 0 Å². The molecule has 0 unspecified atom stereocenters. The van der Waals surface area contributed by atoms with Gasteiger partial charge in [-0.05, 0) is 39.3 Å². The number of hydrogen-bond acceptors (Lipinski definition) is 4. The van der Waals surface area contributed by atoms with Gasteiger partial charge in [-0.1, -0.05) is 6.07 Å². The maximum atomic E-state index is 11.5. The van der Waals surface area contributed by atoms with Crippen molar-refractivity contribution in [3.63, 3.8) is 0 Å². The molecule has 0 saturated heterocycles. The van der Waals surface area contributed by atoms with Crippen molar-refractivity contribution < 1.29 is 9.53 Å². The lowest BCUT2D eigenvalue weighted by atomic mass is 10.2. The minimum atomic E-state index is -0.472. The largest absolute Gasteiger partial charge is 0.444 e. The van der Waals surface area contributed by atoms with E-state index in [0.29, 0.717) is 25.6 Å². The number of nitrogens with zero attached hydrogens (tertiary/aromatic N) is 2. The average Bonchev–Trinajstić information content (AvgIpc) is 2.49. The van der Waals surface area contributed by atoms with Crippen molar-refractivity contribution in [1.82, 2.24) is 20.9 Å². The highest BCUT2D eigenvalue weighted by atomic mass is 127. The number of pyridine rings is 1. The van der Waals surface area contributed by atoms with Gasteiger partial charge in [0.15, 0.2) is 5.96 Å². The lowest BCUT2D eigenvalue weighted by Gasteiger charge is -2.19. The van der Waals surface area contributed by atoms with Crippen molar-refractivity contribution in [2.75, 3.05) is 20.1 Å². The Morgan fingerprint density at radius 1 is 1.21 bits per heavy atom. The Hall–Kier alpha value is -1.58. The molecule has 136 valence electrons. The average molecular weight is 449 g/mol. The van der Waals surface area contributed by atoms with Crippen LogP contribution in [0.25, 0.3) is 0 Å². The third kappa shape index (κ3) is 11.0. The lowest BCUT2D eigenvalue weighted by molar-refractivity contribution is 0.0527. The van der Waals surface area contributed by atoms with E-state index in [-0.39, 0.29) is 24.0 Å². The summed E-state index contributed by atoms with van der Waals surface area (Å²) in [7, 11) is 1.71. The first-order valence-electron chi connectivity index (χ1n) is 7.72. The molecule has 0 aliphatic carbocycles. The van der Waals surface area contributed by atoms with Crippen molar-refractivity contribution in [1.29, 1.82) is 0 Å². The van der Waals surface area contributed by atoms with Crippen LogP contribution in [0.15, 0.2) is 29.4 Å². The molecular weight excluding hydrogens is 421 g/mol. The molecule has 1 heterocycles. The third-order valence-corrected chi connectivity index (χ3v) is 2.70. The van der Waals surface area contributed by atoms with Crippen molar-refractivity contribution in [3.05, 3.63) is 30.1 Å². The van der Waals surface area contributed by atoms with Gasteiger partial charge in [0.2, 0.25) is 0 Å². The van der Waals surface area contributed by atoms with Crippen LogP contribution in [0.2, 0.25) is 0 Å². The molecule has 0 fully saturated rings. The van der Waals surface area contributed by atoms with E-state index >= 15 is 0 Å². The minimum Gasteiger partial charge on any atom is -0.444 e. The SMILES string of the molecule is CN=C(NCCCNC(=O)OC(C)(C)C)NCc1ccccn1.I. The normalized spacial score (nSPS) is 11.2. The first-order valence-corrected chi connectivity index (χ1v) is 7.72. The predicted octanol–water partition coefficient (Wildman–Crippen LogP) is 2.28. The Kier molecular flexibility index (Phi) is 11.1. The summed E-state index contributed by atoms with van der Waals surface area (Å²) in [6.45, 7) is 7.36. The maximum Gasteiger partial charge on any atom is 0.407 e. The van der Waals surface area contributed by atoms with E-state index in [4.69, 9.17) is 4.74 Å². The number of amides is 1. The Balaban J connectivity index is 0.00000529. The zero-order valence-electron chi connectivity index (χ0n) is 14.8. The van der Waals surface area contributed by atoms with E-state index in [9.17, 15) is 4.79 Å². The molecule has 0 radical (unpaired) electrons. The molecule has 8 heteroatoms. The molecule has 0 atom stereocenters. The predicted molar refractivity (Wildman–Crippen MR) is 107 cm³/mol.